The first-order chi connectivity index (χ1) is 8.70. The van der Waals surface area contributed by atoms with Gasteiger partial charge in [0.25, 0.3) is 5.91 Å². The monoisotopic (exact) mass is 261 g/mol. The van der Waals surface area contributed by atoms with Gasteiger partial charge in [-0.25, -0.2) is 9.97 Å². The summed E-state index contributed by atoms with van der Waals surface area (Å²) in [5, 5.41) is 0.489. The molecule has 92 valence electrons. The summed E-state index contributed by atoms with van der Waals surface area (Å²) in [7, 11) is 0. The van der Waals surface area contributed by atoms with Crippen molar-refractivity contribution in [3.63, 3.8) is 0 Å². The van der Waals surface area contributed by atoms with Crippen LogP contribution in [0, 0.1) is 0 Å². The Kier molecular flexibility index (Phi) is 3.78. The van der Waals surface area contributed by atoms with Crippen LogP contribution in [-0.2, 0) is 0 Å². The van der Waals surface area contributed by atoms with Crippen molar-refractivity contribution in [1.29, 1.82) is 0 Å². The third-order valence-corrected chi connectivity index (χ3v) is 2.79. The normalized spacial score (nSPS) is 10.1. The molecule has 2 aromatic rings. The maximum Gasteiger partial charge on any atom is 0.270 e. The average Bonchev–Trinajstić information content (AvgIpc) is 2.40. The van der Waals surface area contributed by atoms with E-state index < -0.39 is 5.91 Å². The number of ether oxygens (including phenoxy) is 1. The fraction of sp³-hybridized carbons (Fsp3) is 0.0833. The van der Waals surface area contributed by atoms with Crippen LogP contribution in [0.3, 0.4) is 0 Å². The number of amides is 1. The van der Waals surface area contributed by atoms with Crippen molar-refractivity contribution < 1.29 is 9.53 Å². The van der Waals surface area contributed by atoms with Crippen LogP contribution in [0.25, 0.3) is 0 Å². The minimum atomic E-state index is -0.620. The topological polar surface area (TPSA) is 78.1 Å². The summed E-state index contributed by atoms with van der Waals surface area (Å²) in [6.45, 7) is 0. The molecule has 0 saturated carbocycles. The average molecular weight is 261 g/mol. The van der Waals surface area contributed by atoms with Crippen LogP contribution in [0.1, 0.15) is 10.5 Å². The Morgan fingerprint density at radius 1 is 1.33 bits per heavy atom. The molecule has 1 aromatic carbocycles. The minimum Gasteiger partial charge on any atom is -0.437 e. The van der Waals surface area contributed by atoms with E-state index in [-0.39, 0.29) is 11.6 Å². The molecule has 0 saturated heterocycles. The van der Waals surface area contributed by atoms with Crippen LogP contribution in [0.15, 0.2) is 41.6 Å². The highest BCUT2D eigenvalue weighted by Gasteiger charge is 2.13. The van der Waals surface area contributed by atoms with Crippen molar-refractivity contribution in [3.05, 3.63) is 42.2 Å². The first-order valence-electron chi connectivity index (χ1n) is 5.14. The highest BCUT2D eigenvalue weighted by Crippen LogP contribution is 2.22. The van der Waals surface area contributed by atoms with Crippen LogP contribution >= 0.6 is 11.8 Å². The molecule has 1 heterocycles. The van der Waals surface area contributed by atoms with Crippen molar-refractivity contribution in [2.75, 3.05) is 6.26 Å². The Balaban J connectivity index is 2.30. The third kappa shape index (κ3) is 2.78. The van der Waals surface area contributed by atoms with E-state index in [1.54, 1.807) is 18.4 Å². The number of thioether (sulfide) groups is 1. The molecule has 0 aliphatic heterocycles. The molecule has 0 radical (unpaired) electrons. The second-order valence-electron chi connectivity index (χ2n) is 3.35. The van der Waals surface area contributed by atoms with Crippen LogP contribution in [0.4, 0.5) is 0 Å². The van der Waals surface area contributed by atoms with Crippen LogP contribution < -0.4 is 10.5 Å². The molecule has 0 atom stereocenters. The second-order valence-corrected chi connectivity index (χ2v) is 4.14. The lowest BCUT2D eigenvalue weighted by Gasteiger charge is -2.06. The minimum absolute atomic E-state index is 0.121. The smallest absolute Gasteiger partial charge is 0.270 e. The van der Waals surface area contributed by atoms with Crippen molar-refractivity contribution >= 4 is 17.7 Å². The highest BCUT2D eigenvalue weighted by molar-refractivity contribution is 7.98. The lowest BCUT2D eigenvalue weighted by molar-refractivity contribution is 0.0991. The molecular weight excluding hydrogens is 250 g/mol. The van der Waals surface area contributed by atoms with Gasteiger partial charge in [0, 0.05) is 0 Å². The zero-order valence-electron chi connectivity index (χ0n) is 9.66. The molecule has 6 heteroatoms. The maximum absolute atomic E-state index is 11.2. The van der Waals surface area contributed by atoms with E-state index in [0.717, 1.165) is 0 Å². The number of nitrogens with zero attached hydrogens (tertiary/aromatic N) is 2. The number of hydrogen-bond donors (Lipinski definition) is 1. The summed E-state index contributed by atoms with van der Waals surface area (Å²) in [5.74, 6) is 0.247. The molecule has 2 rings (SSSR count). The van der Waals surface area contributed by atoms with Crippen molar-refractivity contribution in [1.82, 2.24) is 9.97 Å². The van der Waals surface area contributed by atoms with Gasteiger partial charge in [-0.15, -0.1) is 11.8 Å². The quantitative estimate of drug-likeness (QED) is 0.852. The van der Waals surface area contributed by atoms with E-state index in [4.69, 9.17) is 10.5 Å². The van der Waals surface area contributed by atoms with E-state index in [2.05, 4.69) is 9.97 Å². The molecule has 0 aliphatic carbocycles. The molecule has 0 spiro atoms. The number of rotatable bonds is 4. The number of para-hydroxylation sites is 1. The molecule has 0 fully saturated rings. The molecule has 5 nitrogen and oxygen atoms in total. The van der Waals surface area contributed by atoms with Crippen LogP contribution in [0.5, 0.6) is 11.6 Å². The molecular formula is C12H11N3O2S. The zero-order valence-corrected chi connectivity index (χ0v) is 10.5. The van der Waals surface area contributed by atoms with Gasteiger partial charge in [0.05, 0.1) is 6.20 Å². The van der Waals surface area contributed by atoms with Gasteiger partial charge in [-0.1, -0.05) is 18.2 Å². The summed E-state index contributed by atoms with van der Waals surface area (Å²) in [6.07, 6.45) is 3.26. The van der Waals surface area contributed by atoms with Gasteiger partial charge in [-0.2, -0.15) is 0 Å². The van der Waals surface area contributed by atoms with E-state index in [0.29, 0.717) is 10.8 Å². The van der Waals surface area contributed by atoms with Crippen LogP contribution in [0.2, 0.25) is 0 Å². The highest BCUT2D eigenvalue weighted by atomic mass is 32.2. The summed E-state index contributed by atoms with van der Waals surface area (Å²) in [6, 6.07) is 9.13. The lowest BCUT2D eigenvalue weighted by atomic mass is 10.3. The van der Waals surface area contributed by atoms with Gasteiger partial charge in [-0.05, 0) is 18.4 Å². The number of carbonyl (C=O) groups excluding carboxylic acids is 1. The molecule has 2 N–H and O–H groups in total. The first-order valence-corrected chi connectivity index (χ1v) is 6.37. The molecule has 1 amide bonds. The SMILES string of the molecule is CSc1ncc(Oc2ccccc2)nc1C(N)=O. The van der Waals surface area contributed by atoms with Gasteiger partial charge >= 0.3 is 0 Å². The van der Waals surface area contributed by atoms with E-state index in [9.17, 15) is 4.79 Å². The number of benzene rings is 1. The predicted molar refractivity (Wildman–Crippen MR) is 68.8 cm³/mol. The number of primary amides is 1. The van der Waals surface area contributed by atoms with E-state index >= 15 is 0 Å². The summed E-state index contributed by atoms with van der Waals surface area (Å²) >= 11 is 1.31. The van der Waals surface area contributed by atoms with Gasteiger partial charge < -0.3 is 10.5 Å². The van der Waals surface area contributed by atoms with Crippen molar-refractivity contribution in [3.8, 4) is 11.6 Å². The van der Waals surface area contributed by atoms with Crippen molar-refractivity contribution in [2.24, 2.45) is 5.73 Å². The number of hydrogen-bond acceptors (Lipinski definition) is 5. The largest absolute Gasteiger partial charge is 0.437 e. The van der Waals surface area contributed by atoms with Gasteiger partial charge in [-0.3, -0.25) is 4.79 Å². The van der Waals surface area contributed by atoms with Gasteiger partial charge in [0.15, 0.2) is 5.69 Å². The standard InChI is InChI=1S/C12H11N3O2S/c1-18-12-10(11(13)16)15-9(7-14-12)17-8-5-3-2-4-6-8/h2-7H,1H3,(H2,13,16). The Bertz CT molecular complexity index is 561. The summed E-state index contributed by atoms with van der Waals surface area (Å²) in [5.41, 5.74) is 5.36. The summed E-state index contributed by atoms with van der Waals surface area (Å²) < 4.78 is 5.48. The second kappa shape index (κ2) is 5.50. The fourth-order valence-electron chi connectivity index (χ4n) is 1.33. The van der Waals surface area contributed by atoms with Gasteiger partial charge in [0.2, 0.25) is 5.88 Å². The third-order valence-electron chi connectivity index (χ3n) is 2.11. The molecule has 1 aromatic heterocycles. The predicted octanol–water partition coefficient (Wildman–Crippen LogP) is 2.09. The van der Waals surface area contributed by atoms with E-state index in [1.165, 1.54) is 18.0 Å². The summed E-state index contributed by atoms with van der Waals surface area (Å²) in [4.78, 5) is 19.4. The molecule has 0 bridgehead atoms. The van der Waals surface area contributed by atoms with E-state index in [1.807, 2.05) is 18.2 Å². The lowest BCUT2D eigenvalue weighted by Crippen LogP contribution is -2.15. The first kappa shape index (κ1) is 12.4. The Morgan fingerprint density at radius 3 is 2.67 bits per heavy atom. The van der Waals surface area contributed by atoms with Crippen molar-refractivity contribution in [2.45, 2.75) is 5.03 Å². The van der Waals surface area contributed by atoms with Crippen LogP contribution in [-0.4, -0.2) is 22.1 Å². The molecule has 0 unspecified atom stereocenters. The number of nitrogens with two attached hydrogens (primary N) is 1. The molecule has 18 heavy (non-hydrogen) atoms. The fourth-order valence-corrected chi connectivity index (χ4v) is 1.83. The number of carbonyl (C=O) groups is 1. The Hall–Kier alpha value is -2.08. The Morgan fingerprint density at radius 2 is 2.06 bits per heavy atom. The Labute approximate surface area is 108 Å². The van der Waals surface area contributed by atoms with Gasteiger partial charge in [0.1, 0.15) is 10.8 Å². The molecule has 0 aliphatic rings. The maximum atomic E-state index is 11.2. The number of aromatic nitrogens is 2. The zero-order chi connectivity index (χ0) is 13.0.